The molecule has 1 N–H and O–H groups in total. The van der Waals surface area contributed by atoms with Gasteiger partial charge in [0.05, 0.1) is 11.0 Å². The number of amidine groups is 2. The van der Waals surface area contributed by atoms with E-state index in [0.29, 0.717) is 5.84 Å². The molecule has 0 saturated carbocycles. The van der Waals surface area contributed by atoms with E-state index in [1.807, 2.05) is 36.4 Å². The first kappa shape index (κ1) is 28.2. The van der Waals surface area contributed by atoms with Crippen LogP contribution in [0.25, 0.3) is 60.6 Å². The van der Waals surface area contributed by atoms with Gasteiger partial charge >= 0.3 is 0 Å². The van der Waals surface area contributed by atoms with Crippen LogP contribution in [-0.4, -0.2) is 21.2 Å². The SMILES string of the molecule is c1ccc(-c2cccc(C3=NC(c4ccc5oc6cc7c(cc6c5c4)c4ccccc4n7-c4ccccc4)N=C(c4ccccn4)N3)c2)cc1. The molecule has 6 aromatic carbocycles. The van der Waals surface area contributed by atoms with E-state index in [4.69, 9.17) is 14.4 Å². The van der Waals surface area contributed by atoms with Gasteiger partial charge in [-0.1, -0.05) is 97.1 Å². The quantitative estimate of drug-likeness (QED) is 0.203. The van der Waals surface area contributed by atoms with Crippen molar-refractivity contribution in [2.45, 2.75) is 6.17 Å². The number of rotatable bonds is 5. The molecule has 0 amide bonds. The van der Waals surface area contributed by atoms with Crippen molar-refractivity contribution in [3.8, 4) is 16.8 Å². The number of nitrogens with zero attached hydrogens (tertiary/aromatic N) is 4. The van der Waals surface area contributed by atoms with Crippen molar-refractivity contribution in [2.75, 3.05) is 0 Å². The van der Waals surface area contributed by atoms with E-state index in [2.05, 4.69) is 136 Å². The van der Waals surface area contributed by atoms with E-state index in [9.17, 15) is 0 Å². The summed E-state index contributed by atoms with van der Waals surface area (Å²) in [6.45, 7) is 0. The second-order valence-electron chi connectivity index (χ2n) is 12.5. The molecular weight excluding hydrogens is 615 g/mol. The number of pyridine rings is 1. The lowest BCUT2D eigenvalue weighted by molar-refractivity contribution is 0.668. The maximum absolute atomic E-state index is 6.52. The standard InChI is InChI=1S/C44H29N5O/c1-3-12-28(13-4-1)29-14-11-15-30(24-29)42-46-43(48-44(47-42)37-19-9-10-23-45-37)31-21-22-40-35(25-31)36-26-34-33-18-7-8-20-38(33)49(32-16-5-2-6-17-32)39(34)27-41(36)50-40/h1-27,43H,(H,46,47,48). The number of aromatic nitrogens is 2. The normalized spacial score (nSPS) is 14.6. The van der Waals surface area contributed by atoms with Gasteiger partial charge in [0.25, 0.3) is 0 Å². The minimum atomic E-state index is -0.485. The average Bonchev–Trinajstić information content (AvgIpc) is 3.72. The molecule has 0 radical (unpaired) electrons. The molecule has 1 aliphatic rings. The number of aliphatic imine (C=N–C) groups is 2. The highest BCUT2D eigenvalue weighted by Gasteiger charge is 2.23. The summed E-state index contributed by atoms with van der Waals surface area (Å²) in [5, 5.41) is 7.98. The molecule has 9 aromatic rings. The second-order valence-corrected chi connectivity index (χ2v) is 12.5. The van der Waals surface area contributed by atoms with Gasteiger partial charge in [0.2, 0.25) is 0 Å². The summed E-state index contributed by atoms with van der Waals surface area (Å²) in [6, 6.07) is 54.5. The molecule has 236 valence electrons. The van der Waals surface area contributed by atoms with Crippen LogP contribution in [0, 0.1) is 0 Å². The summed E-state index contributed by atoms with van der Waals surface area (Å²) < 4.78 is 8.83. The Morgan fingerprint density at radius 2 is 1.24 bits per heavy atom. The van der Waals surface area contributed by atoms with Crippen molar-refractivity contribution in [3.63, 3.8) is 0 Å². The lowest BCUT2D eigenvalue weighted by atomic mass is 10.0. The zero-order valence-corrected chi connectivity index (χ0v) is 26.9. The fourth-order valence-corrected chi connectivity index (χ4v) is 7.13. The summed E-state index contributed by atoms with van der Waals surface area (Å²) >= 11 is 0. The fraction of sp³-hybridized carbons (Fsp3) is 0.0227. The third-order valence-corrected chi connectivity index (χ3v) is 9.49. The van der Waals surface area contributed by atoms with Gasteiger partial charge in [-0.3, -0.25) is 4.98 Å². The van der Waals surface area contributed by atoms with E-state index in [1.54, 1.807) is 6.20 Å². The van der Waals surface area contributed by atoms with Crippen LogP contribution in [0.2, 0.25) is 0 Å². The van der Waals surface area contributed by atoms with Crippen LogP contribution in [-0.2, 0) is 0 Å². The first-order chi connectivity index (χ1) is 24.8. The number of para-hydroxylation sites is 2. The lowest BCUT2D eigenvalue weighted by Crippen LogP contribution is -2.36. The van der Waals surface area contributed by atoms with Gasteiger partial charge in [-0.05, 0) is 71.3 Å². The van der Waals surface area contributed by atoms with Crippen molar-refractivity contribution in [2.24, 2.45) is 9.98 Å². The molecule has 1 aliphatic heterocycles. The number of benzene rings is 6. The number of hydrogen-bond acceptors (Lipinski definition) is 5. The lowest BCUT2D eigenvalue weighted by Gasteiger charge is -2.22. The van der Waals surface area contributed by atoms with Crippen LogP contribution in [0.15, 0.2) is 178 Å². The van der Waals surface area contributed by atoms with Gasteiger partial charge in [-0.25, -0.2) is 9.98 Å². The first-order valence-electron chi connectivity index (χ1n) is 16.7. The van der Waals surface area contributed by atoms with Crippen molar-refractivity contribution >= 4 is 55.4 Å². The Morgan fingerprint density at radius 3 is 2.10 bits per heavy atom. The fourth-order valence-electron chi connectivity index (χ4n) is 7.13. The van der Waals surface area contributed by atoms with E-state index in [0.717, 1.165) is 72.4 Å². The molecular formula is C44H29N5O. The molecule has 0 spiro atoms. The second kappa shape index (κ2) is 11.4. The molecule has 6 nitrogen and oxygen atoms in total. The summed E-state index contributed by atoms with van der Waals surface area (Å²) in [5.41, 5.74) is 10.0. The topological polar surface area (TPSA) is 67.7 Å². The molecule has 0 aliphatic carbocycles. The highest BCUT2D eigenvalue weighted by molar-refractivity contribution is 6.18. The van der Waals surface area contributed by atoms with Gasteiger partial charge in [-0.15, -0.1) is 0 Å². The van der Waals surface area contributed by atoms with Gasteiger partial charge in [-0.2, -0.15) is 0 Å². The highest BCUT2D eigenvalue weighted by atomic mass is 16.3. The molecule has 0 fully saturated rings. The summed E-state index contributed by atoms with van der Waals surface area (Å²) in [6.07, 6.45) is 1.30. The van der Waals surface area contributed by atoms with Crippen LogP contribution in [0.5, 0.6) is 0 Å². The van der Waals surface area contributed by atoms with Gasteiger partial charge in [0.1, 0.15) is 22.7 Å². The predicted molar refractivity (Wildman–Crippen MR) is 203 cm³/mol. The van der Waals surface area contributed by atoms with Crippen molar-refractivity contribution < 1.29 is 4.42 Å². The number of fused-ring (bicyclic) bond motifs is 6. The van der Waals surface area contributed by atoms with Crippen LogP contribution in [0.1, 0.15) is 23.0 Å². The monoisotopic (exact) mass is 643 g/mol. The number of hydrogen-bond donors (Lipinski definition) is 1. The maximum Gasteiger partial charge on any atom is 0.169 e. The first-order valence-corrected chi connectivity index (χ1v) is 16.7. The highest BCUT2D eigenvalue weighted by Crippen LogP contribution is 2.39. The van der Waals surface area contributed by atoms with Crippen LogP contribution < -0.4 is 5.32 Å². The van der Waals surface area contributed by atoms with Gasteiger partial charge in [0, 0.05) is 45.1 Å². The number of nitrogens with one attached hydrogen (secondary N) is 1. The van der Waals surface area contributed by atoms with Crippen molar-refractivity contribution in [1.29, 1.82) is 0 Å². The molecule has 50 heavy (non-hydrogen) atoms. The van der Waals surface area contributed by atoms with Gasteiger partial charge in [0.15, 0.2) is 12.0 Å². The maximum atomic E-state index is 6.52. The largest absolute Gasteiger partial charge is 0.456 e. The molecule has 1 atom stereocenters. The summed E-state index contributed by atoms with van der Waals surface area (Å²) in [4.78, 5) is 14.9. The molecule has 6 heteroatoms. The summed E-state index contributed by atoms with van der Waals surface area (Å²) in [5.74, 6) is 1.43. The average molecular weight is 644 g/mol. The van der Waals surface area contributed by atoms with Crippen molar-refractivity contribution in [3.05, 3.63) is 181 Å². The smallest absolute Gasteiger partial charge is 0.169 e. The molecule has 1 unspecified atom stereocenters. The Kier molecular flexibility index (Phi) is 6.45. The van der Waals surface area contributed by atoms with E-state index in [-0.39, 0.29) is 0 Å². The van der Waals surface area contributed by atoms with E-state index >= 15 is 0 Å². The molecule has 0 saturated heterocycles. The third kappa shape index (κ3) is 4.69. The van der Waals surface area contributed by atoms with Crippen LogP contribution >= 0.6 is 0 Å². The molecule has 0 bridgehead atoms. The zero-order chi connectivity index (χ0) is 33.0. The Labute approximate surface area is 287 Å². The zero-order valence-electron chi connectivity index (χ0n) is 26.9. The Bertz CT molecular complexity index is 2780. The molecule has 10 rings (SSSR count). The van der Waals surface area contributed by atoms with Gasteiger partial charge < -0.3 is 14.3 Å². The van der Waals surface area contributed by atoms with Crippen molar-refractivity contribution in [1.82, 2.24) is 14.9 Å². The molecule has 4 heterocycles. The minimum Gasteiger partial charge on any atom is -0.456 e. The molecule has 3 aromatic heterocycles. The van der Waals surface area contributed by atoms with Crippen LogP contribution in [0.3, 0.4) is 0 Å². The predicted octanol–water partition coefficient (Wildman–Crippen LogP) is 10.2. The Hall–Kier alpha value is -6.79. The van der Waals surface area contributed by atoms with E-state index in [1.165, 1.54) is 10.8 Å². The minimum absolute atomic E-state index is 0.485. The number of furan rings is 1. The Morgan fingerprint density at radius 1 is 0.500 bits per heavy atom. The third-order valence-electron chi connectivity index (χ3n) is 9.49. The van der Waals surface area contributed by atoms with Crippen LogP contribution in [0.4, 0.5) is 0 Å². The summed E-state index contributed by atoms with van der Waals surface area (Å²) in [7, 11) is 0. The van der Waals surface area contributed by atoms with E-state index < -0.39 is 6.17 Å². The Balaban J connectivity index is 1.13.